The van der Waals surface area contributed by atoms with Crippen molar-refractivity contribution < 1.29 is 9.59 Å². The van der Waals surface area contributed by atoms with Gasteiger partial charge in [-0.2, -0.15) is 0 Å². The smallest absolute Gasteiger partial charge is 0.257 e. The number of carbonyl (C=O) groups excluding carboxylic acids is 2. The molecule has 3 rings (SSSR count). The van der Waals surface area contributed by atoms with Gasteiger partial charge in [0.15, 0.2) is 0 Å². The van der Waals surface area contributed by atoms with Crippen LogP contribution < -0.4 is 5.32 Å². The molecule has 2 amide bonds. The second-order valence-electron chi connectivity index (χ2n) is 9.27. The van der Waals surface area contributed by atoms with Crippen molar-refractivity contribution in [2.45, 2.75) is 46.1 Å². The minimum Gasteiger partial charge on any atom is -0.334 e. The van der Waals surface area contributed by atoms with E-state index in [1.165, 1.54) is 18.7 Å². The number of halogens is 2. The molecule has 7 heteroatoms. The Morgan fingerprint density at radius 3 is 2.26 bits per heavy atom. The lowest BCUT2D eigenvalue weighted by Gasteiger charge is -2.25. The van der Waals surface area contributed by atoms with Crippen LogP contribution in [0.4, 0.5) is 5.69 Å². The molecule has 0 spiro atoms. The van der Waals surface area contributed by atoms with E-state index in [-0.39, 0.29) is 17.2 Å². The molecule has 0 fully saturated rings. The number of amides is 2. The van der Waals surface area contributed by atoms with Gasteiger partial charge in [0.1, 0.15) is 0 Å². The highest BCUT2D eigenvalue weighted by Crippen LogP contribution is 2.25. The van der Waals surface area contributed by atoms with Crippen molar-refractivity contribution in [3.05, 3.63) is 93.2 Å². The first-order valence-electron chi connectivity index (χ1n) is 11.1. The second-order valence-corrected chi connectivity index (χ2v) is 10.1. The Hall–Kier alpha value is -2.89. The van der Waals surface area contributed by atoms with Crippen molar-refractivity contribution in [3.63, 3.8) is 0 Å². The zero-order chi connectivity index (χ0) is 24.9. The van der Waals surface area contributed by atoms with Crippen molar-refractivity contribution >= 4 is 40.7 Å². The number of nitrogens with one attached hydrogen (secondary N) is 1. The van der Waals surface area contributed by atoms with E-state index < -0.39 is 0 Å². The molecular weight excluding hydrogens is 469 g/mol. The van der Waals surface area contributed by atoms with Crippen LogP contribution in [-0.2, 0) is 23.2 Å². The van der Waals surface area contributed by atoms with E-state index in [2.05, 4.69) is 55.3 Å². The van der Waals surface area contributed by atoms with Crippen LogP contribution in [-0.4, -0.2) is 28.2 Å². The predicted octanol–water partition coefficient (Wildman–Crippen LogP) is 6.53. The summed E-state index contributed by atoms with van der Waals surface area (Å²) in [5.41, 5.74) is 4.05. The van der Waals surface area contributed by atoms with Crippen LogP contribution >= 0.6 is 23.2 Å². The molecule has 5 nitrogen and oxygen atoms in total. The molecule has 0 unspecified atom stereocenters. The molecule has 0 atom stereocenters. The zero-order valence-corrected chi connectivity index (χ0v) is 21.4. The summed E-state index contributed by atoms with van der Waals surface area (Å²) in [7, 11) is 0. The number of anilines is 1. The van der Waals surface area contributed by atoms with E-state index in [1.807, 2.05) is 12.1 Å². The van der Waals surface area contributed by atoms with E-state index >= 15 is 0 Å². The quantitative estimate of drug-likeness (QED) is 0.403. The predicted molar refractivity (Wildman–Crippen MR) is 139 cm³/mol. The fourth-order valence-corrected chi connectivity index (χ4v) is 3.90. The van der Waals surface area contributed by atoms with Crippen molar-refractivity contribution in [1.82, 2.24) is 9.88 Å². The SMILES string of the molecule is CC(=O)Nc1ccncc1C(=O)N(CCc1ccc(Cl)c(Cl)c1)Cc1ccc(C(C)(C)C)cc1. The maximum atomic E-state index is 13.6. The highest BCUT2D eigenvalue weighted by molar-refractivity contribution is 6.42. The van der Waals surface area contributed by atoms with Crippen LogP contribution in [0.25, 0.3) is 0 Å². The van der Waals surface area contributed by atoms with Gasteiger partial charge in [0, 0.05) is 32.4 Å². The molecule has 0 saturated carbocycles. The van der Waals surface area contributed by atoms with Gasteiger partial charge in [-0.1, -0.05) is 74.3 Å². The molecule has 34 heavy (non-hydrogen) atoms. The number of nitrogens with zero attached hydrogens (tertiary/aromatic N) is 2. The second kappa shape index (κ2) is 11.0. The topological polar surface area (TPSA) is 62.3 Å². The van der Waals surface area contributed by atoms with E-state index in [0.717, 1.165) is 11.1 Å². The average molecular weight is 498 g/mol. The molecule has 0 aliphatic carbocycles. The summed E-state index contributed by atoms with van der Waals surface area (Å²) >= 11 is 12.2. The van der Waals surface area contributed by atoms with Crippen molar-refractivity contribution in [2.24, 2.45) is 0 Å². The number of rotatable bonds is 7. The summed E-state index contributed by atoms with van der Waals surface area (Å²) in [5.74, 6) is -0.461. The maximum Gasteiger partial charge on any atom is 0.257 e. The average Bonchev–Trinajstić information content (AvgIpc) is 2.78. The maximum absolute atomic E-state index is 13.6. The first kappa shape index (κ1) is 25.7. The Balaban J connectivity index is 1.89. The summed E-state index contributed by atoms with van der Waals surface area (Å²) < 4.78 is 0. The van der Waals surface area contributed by atoms with Crippen LogP contribution in [0.1, 0.15) is 54.7 Å². The Morgan fingerprint density at radius 1 is 0.971 bits per heavy atom. The minimum atomic E-state index is -0.250. The van der Waals surface area contributed by atoms with E-state index in [1.54, 1.807) is 23.2 Å². The highest BCUT2D eigenvalue weighted by atomic mass is 35.5. The molecule has 0 saturated heterocycles. The summed E-state index contributed by atoms with van der Waals surface area (Å²) in [6.45, 7) is 8.78. The number of hydrogen-bond acceptors (Lipinski definition) is 3. The Kier molecular flexibility index (Phi) is 8.34. The summed E-state index contributed by atoms with van der Waals surface area (Å²) in [5, 5.41) is 3.70. The standard InChI is InChI=1S/C27H29Cl2N3O2/c1-18(33)31-25-11-13-30-16-22(25)26(34)32(14-12-19-7-10-23(28)24(29)15-19)17-20-5-8-21(9-6-20)27(2,3)4/h5-11,13,15-16H,12,14,17H2,1-4H3,(H,30,31,33). The summed E-state index contributed by atoms with van der Waals surface area (Å²) in [4.78, 5) is 31.1. The summed E-state index contributed by atoms with van der Waals surface area (Å²) in [6, 6.07) is 15.4. The molecule has 0 radical (unpaired) electrons. The molecule has 0 bridgehead atoms. The van der Waals surface area contributed by atoms with Crippen LogP contribution in [0, 0.1) is 0 Å². The normalized spacial score (nSPS) is 11.2. The minimum absolute atomic E-state index is 0.0465. The molecule has 2 aromatic carbocycles. The molecule has 1 N–H and O–H groups in total. The van der Waals surface area contributed by atoms with Gasteiger partial charge in [0.25, 0.3) is 5.91 Å². The molecule has 178 valence electrons. The van der Waals surface area contributed by atoms with Gasteiger partial charge in [-0.05, 0) is 46.7 Å². The van der Waals surface area contributed by atoms with Gasteiger partial charge in [0.05, 0.1) is 21.3 Å². The van der Waals surface area contributed by atoms with Gasteiger partial charge >= 0.3 is 0 Å². The molecule has 0 aliphatic heterocycles. The van der Waals surface area contributed by atoms with Crippen molar-refractivity contribution in [1.29, 1.82) is 0 Å². The van der Waals surface area contributed by atoms with Gasteiger partial charge in [-0.3, -0.25) is 14.6 Å². The van der Waals surface area contributed by atoms with Crippen molar-refractivity contribution in [2.75, 3.05) is 11.9 Å². The lowest BCUT2D eigenvalue weighted by atomic mass is 9.87. The summed E-state index contributed by atoms with van der Waals surface area (Å²) in [6.07, 6.45) is 3.63. The number of carbonyl (C=O) groups is 2. The fraction of sp³-hybridized carbons (Fsp3) is 0.296. The zero-order valence-electron chi connectivity index (χ0n) is 19.9. The molecule has 1 aromatic heterocycles. The van der Waals surface area contributed by atoms with E-state index in [9.17, 15) is 9.59 Å². The molecule has 0 aliphatic rings. The molecule has 3 aromatic rings. The van der Waals surface area contributed by atoms with Gasteiger partial charge in [-0.15, -0.1) is 0 Å². The third-order valence-electron chi connectivity index (χ3n) is 5.50. The number of pyridine rings is 1. The van der Waals surface area contributed by atoms with Crippen LogP contribution in [0.5, 0.6) is 0 Å². The third-order valence-corrected chi connectivity index (χ3v) is 6.24. The fourth-order valence-electron chi connectivity index (χ4n) is 3.58. The molecular formula is C27H29Cl2N3O2. The lowest BCUT2D eigenvalue weighted by molar-refractivity contribution is -0.114. The van der Waals surface area contributed by atoms with Crippen LogP contribution in [0.2, 0.25) is 10.0 Å². The molecule has 1 heterocycles. The van der Waals surface area contributed by atoms with E-state index in [4.69, 9.17) is 23.2 Å². The van der Waals surface area contributed by atoms with Gasteiger partial charge in [-0.25, -0.2) is 0 Å². The van der Waals surface area contributed by atoms with Gasteiger partial charge < -0.3 is 10.2 Å². The lowest BCUT2D eigenvalue weighted by Crippen LogP contribution is -2.33. The third kappa shape index (κ3) is 6.81. The largest absolute Gasteiger partial charge is 0.334 e. The highest BCUT2D eigenvalue weighted by Gasteiger charge is 2.21. The number of hydrogen-bond donors (Lipinski definition) is 1. The van der Waals surface area contributed by atoms with Crippen LogP contribution in [0.15, 0.2) is 60.9 Å². The van der Waals surface area contributed by atoms with E-state index in [0.29, 0.717) is 40.8 Å². The Morgan fingerprint density at radius 2 is 1.65 bits per heavy atom. The Labute approximate surface area is 211 Å². The first-order valence-corrected chi connectivity index (χ1v) is 11.8. The first-order chi connectivity index (χ1) is 16.0. The van der Waals surface area contributed by atoms with Gasteiger partial charge in [0.2, 0.25) is 5.91 Å². The number of benzene rings is 2. The Bertz CT molecular complexity index is 1170. The van der Waals surface area contributed by atoms with Crippen molar-refractivity contribution in [3.8, 4) is 0 Å². The number of aromatic nitrogens is 1. The monoisotopic (exact) mass is 497 g/mol. The van der Waals surface area contributed by atoms with Crippen LogP contribution in [0.3, 0.4) is 0 Å².